The summed E-state index contributed by atoms with van der Waals surface area (Å²) in [6.07, 6.45) is 0.589. The molecule has 0 aliphatic carbocycles. The third-order valence-electron chi connectivity index (χ3n) is 3.89. The molecule has 1 amide bonds. The van der Waals surface area contributed by atoms with Crippen LogP contribution in [0, 0.1) is 0 Å². The van der Waals surface area contributed by atoms with Gasteiger partial charge < -0.3 is 19.9 Å². The van der Waals surface area contributed by atoms with E-state index in [-0.39, 0.29) is 17.6 Å². The third kappa shape index (κ3) is 1.73. The number of hydrogen-bond acceptors (Lipinski definition) is 4. The molecule has 2 unspecified atom stereocenters. The van der Waals surface area contributed by atoms with Crippen LogP contribution >= 0.6 is 0 Å². The zero-order valence-electron chi connectivity index (χ0n) is 11.7. The van der Waals surface area contributed by atoms with Gasteiger partial charge in [-0.15, -0.1) is 0 Å². The van der Waals surface area contributed by atoms with Crippen molar-refractivity contribution in [3.63, 3.8) is 0 Å². The predicted octanol–water partition coefficient (Wildman–Crippen LogP) is 2.24. The van der Waals surface area contributed by atoms with Crippen molar-refractivity contribution in [3.8, 4) is 11.5 Å². The summed E-state index contributed by atoms with van der Waals surface area (Å²) in [5.41, 5.74) is 0.503. The number of piperidine rings is 1. The van der Waals surface area contributed by atoms with Crippen molar-refractivity contribution in [1.29, 1.82) is 0 Å². The number of carbonyl (C=O) groups is 1. The second-order valence-corrected chi connectivity index (χ2v) is 5.42. The number of aliphatic hydroxyl groups is 1. The molecule has 2 heterocycles. The Morgan fingerprint density at radius 2 is 2.30 bits per heavy atom. The standard InChI is InChI=1S/C15H17NO4/c1-8(17)12-10-7-15(2,16-14(12)18)20-13-9(10)5-4-6-11(13)19-3/h4-6,10,17H,7H2,1-3H3,(H,16,18)/b12-8-. The van der Waals surface area contributed by atoms with Gasteiger partial charge in [0.2, 0.25) is 0 Å². The Labute approximate surface area is 117 Å². The van der Waals surface area contributed by atoms with E-state index in [0.29, 0.717) is 23.5 Å². The van der Waals surface area contributed by atoms with Gasteiger partial charge in [0.15, 0.2) is 17.2 Å². The normalized spacial score (nSPS) is 29.9. The number of rotatable bonds is 1. The minimum absolute atomic E-state index is 0.0465. The number of aliphatic hydroxyl groups excluding tert-OH is 1. The van der Waals surface area contributed by atoms with Crippen molar-refractivity contribution in [3.05, 3.63) is 35.1 Å². The number of ether oxygens (including phenoxy) is 2. The average molecular weight is 275 g/mol. The van der Waals surface area contributed by atoms with Gasteiger partial charge in [0.25, 0.3) is 5.91 Å². The maximum atomic E-state index is 12.2. The fourth-order valence-electron chi connectivity index (χ4n) is 3.06. The molecule has 2 atom stereocenters. The van der Waals surface area contributed by atoms with Gasteiger partial charge in [-0.1, -0.05) is 12.1 Å². The molecule has 0 saturated carbocycles. The lowest BCUT2D eigenvalue weighted by atomic mass is 9.78. The summed E-state index contributed by atoms with van der Waals surface area (Å²) >= 11 is 0. The van der Waals surface area contributed by atoms with Crippen LogP contribution < -0.4 is 14.8 Å². The number of nitrogens with one attached hydrogen (secondary N) is 1. The van der Waals surface area contributed by atoms with Crippen molar-refractivity contribution in [2.24, 2.45) is 0 Å². The third-order valence-corrected chi connectivity index (χ3v) is 3.89. The van der Waals surface area contributed by atoms with E-state index in [1.54, 1.807) is 7.11 Å². The van der Waals surface area contributed by atoms with Crippen molar-refractivity contribution < 1.29 is 19.4 Å². The number of allylic oxidation sites excluding steroid dienone is 1. The quantitative estimate of drug-likeness (QED) is 0.609. The van der Waals surface area contributed by atoms with E-state index < -0.39 is 5.72 Å². The molecule has 0 radical (unpaired) electrons. The van der Waals surface area contributed by atoms with Crippen molar-refractivity contribution >= 4 is 5.91 Å². The van der Waals surface area contributed by atoms with Gasteiger partial charge in [-0.3, -0.25) is 4.79 Å². The van der Waals surface area contributed by atoms with Gasteiger partial charge >= 0.3 is 0 Å². The predicted molar refractivity (Wildman–Crippen MR) is 72.9 cm³/mol. The first-order chi connectivity index (χ1) is 9.45. The molecule has 1 aromatic carbocycles. The van der Waals surface area contributed by atoms with Crippen LogP contribution in [0.2, 0.25) is 0 Å². The second kappa shape index (κ2) is 4.16. The van der Waals surface area contributed by atoms with E-state index in [1.165, 1.54) is 6.92 Å². The summed E-state index contributed by atoms with van der Waals surface area (Å²) in [4.78, 5) is 12.2. The molecule has 0 spiro atoms. The first-order valence-electron chi connectivity index (χ1n) is 6.53. The number of methoxy groups -OCH3 is 1. The summed E-state index contributed by atoms with van der Waals surface area (Å²) < 4.78 is 11.3. The number of benzene rings is 1. The summed E-state index contributed by atoms with van der Waals surface area (Å²) in [6, 6.07) is 5.59. The number of amides is 1. The molecule has 3 rings (SSSR count). The Hall–Kier alpha value is -2.17. The molecule has 2 aliphatic rings. The van der Waals surface area contributed by atoms with Crippen LogP contribution in [0.3, 0.4) is 0 Å². The number of hydrogen-bond donors (Lipinski definition) is 2. The number of para-hydroxylation sites is 1. The molecule has 1 fully saturated rings. The number of fused-ring (bicyclic) bond motifs is 4. The zero-order chi connectivity index (χ0) is 14.5. The van der Waals surface area contributed by atoms with Crippen LogP contribution in [0.1, 0.15) is 31.7 Å². The Kier molecular flexibility index (Phi) is 2.67. The lowest BCUT2D eigenvalue weighted by Crippen LogP contribution is -2.58. The van der Waals surface area contributed by atoms with Crippen molar-refractivity contribution in [2.75, 3.05) is 7.11 Å². The first-order valence-corrected chi connectivity index (χ1v) is 6.53. The Morgan fingerprint density at radius 1 is 1.55 bits per heavy atom. The SMILES string of the molecule is COc1cccc2c1OC1(C)CC2/C(=C(\C)O)C(=O)N1. The highest BCUT2D eigenvalue weighted by atomic mass is 16.5. The molecule has 20 heavy (non-hydrogen) atoms. The van der Waals surface area contributed by atoms with Crippen LogP contribution in [-0.4, -0.2) is 23.8 Å². The molecule has 2 N–H and O–H groups in total. The molecule has 106 valence electrons. The van der Waals surface area contributed by atoms with Crippen LogP contribution in [0.25, 0.3) is 0 Å². The van der Waals surface area contributed by atoms with E-state index >= 15 is 0 Å². The molecular formula is C15H17NO4. The van der Waals surface area contributed by atoms with Gasteiger partial charge in [0.1, 0.15) is 0 Å². The fourth-order valence-corrected chi connectivity index (χ4v) is 3.06. The average Bonchev–Trinajstić information content (AvgIpc) is 2.36. The van der Waals surface area contributed by atoms with Gasteiger partial charge in [-0.05, 0) is 19.9 Å². The topological polar surface area (TPSA) is 67.8 Å². The van der Waals surface area contributed by atoms with E-state index in [4.69, 9.17) is 9.47 Å². The lowest BCUT2D eigenvalue weighted by molar-refractivity contribution is -0.127. The minimum Gasteiger partial charge on any atom is -0.512 e. The lowest BCUT2D eigenvalue weighted by Gasteiger charge is -2.45. The van der Waals surface area contributed by atoms with Crippen LogP contribution in [0.15, 0.2) is 29.5 Å². The fraction of sp³-hybridized carbons (Fsp3) is 0.400. The molecule has 2 bridgehead atoms. The highest BCUT2D eigenvalue weighted by Crippen LogP contribution is 2.50. The molecular weight excluding hydrogens is 258 g/mol. The number of carbonyl (C=O) groups excluding carboxylic acids is 1. The molecule has 0 aromatic heterocycles. The van der Waals surface area contributed by atoms with Crippen molar-refractivity contribution in [1.82, 2.24) is 5.32 Å². The summed E-state index contributed by atoms with van der Waals surface area (Å²) in [5, 5.41) is 12.7. The molecule has 1 aromatic rings. The van der Waals surface area contributed by atoms with Crippen LogP contribution in [-0.2, 0) is 4.79 Å². The monoisotopic (exact) mass is 275 g/mol. The van der Waals surface area contributed by atoms with Gasteiger partial charge in [-0.25, -0.2) is 0 Å². The largest absolute Gasteiger partial charge is 0.512 e. The smallest absolute Gasteiger partial charge is 0.254 e. The molecule has 5 nitrogen and oxygen atoms in total. The first kappa shape index (κ1) is 12.8. The van der Waals surface area contributed by atoms with E-state index in [9.17, 15) is 9.90 Å². The maximum Gasteiger partial charge on any atom is 0.254 e. The van der Waals surface area contributed by atoms with Crippen LogP contribution in [0.4, 0.5) is 0 Å². The second-order valence-electron chi connectivity index (χ2n) is 5.42. The highest BCUT2D eigenvalue weighted by molar-refractivity contribution is 5.97. The molecule has 2 aliphatic heterocycles. The van der Waals surface area contributed by atoms with Crippen molar-refractivity contribution in [2.45, 2.75) is 31.9 Å². The summed E-state index contributed by atoms with van der Waals surface area (Å²) in [6.45, 7) is 3.36. The van der Waals surface area contributed by atoms with Crippen LogP contribution in [0.5, 0.6) is 11.5 Å². The van der Waals surface area contributed by atoms with E-state index in [1.807, 2.05) is 25.1 Å². The summed E-state index contributed by atoms with van der Waals surface area (Å²) in [5.74, 6) is 0.844. The maximum absolute atomic E-state index is 12.2. The minimum atomic E-state index is -0.775. The zero-order valence-corrected chi connectivity index (χ0v) is 11.7. The Balaban J connectivity index is 2.23. The van der Waals surface area contributed by atoms with Gasteiger partial charge in [-0.2, -0.15) is 0 Å². The molecule has 5 heteroatoms. The van der Waals surface area contributed by atoms with E-state index in [2.05, 4.69) is 5.32 Å². The van der Waals surface area contributed by atoms with E-state index in [0.717, 1.165) is 5.56 Å². The van der Waals surface area contributed by atoms with Gasteiger partial charge in [0, 0.05) is 17.9 Å². The Morgan fingerprint density at radius 3 is 2.95 bits per heavy atom. The molecule has 1 saturated heterocycles. The summed E-state index contributed by atoms with van der Waals surface area (Å²) in [7, 11) is 1.58. The Bertz CT molecular complexity index is 618. The van der Waals surface area contributed by atoms with Gasteiger partial charge in [0.05, 0.1) is 18.4 Å². The highest BCUT2D eigenvalue weighted by Gasteiger charge is 2.48.